The molecule has 0 bridgehead atoms. The first kappa shape index (κ1) is 25.6. The first-order valence-electron chi connectivity index (χ1n) is 14.8. The van der Waals surface area contributed by atoms with Gasteiger partial charge in [-0.15, -0.1) is 0 Å². The van der Waals surface area contributed by atoms with Crippen molar-refractivity contribution in [1.82, 2.24) is 4.57 Å². The molecular weight excluding hydrogens is 573 g/mol. The van der Waals surface area contributed by atoms with Crippen LogP contribution >= 0.6 is 23.5 Å². The van der Waals surface area contributed by atoms with Gasteiger partial charge < -0.3 is 9.47 Å². The van der Waals surface area contributed by atoms with E-state index in [0.29, 0.717) is 0 Å². The third kappa shape index (κ3) is 4.06. The lowest BCUT2D eigenvalue weighted by Crippen LogP contribution is -2.10. The largest absolute Gasteiger partial charge is 0.310 e. The van der Waals surface area contributed by atoms with Crippen molar-refractivity contribution < 1.29 is 0 Å². The van der Waals surface area contributed by atoms with Crippen LogP contribution in [0.2, 0.25) is 0 Å². The third-order valence-corrected chi connectivity index (χ3v) is 11.0. The molecule has 9 rings (SSSR count). The number of benzene rings is 7. The predicted molar refractivity (Wildman–Crippen MR) is 188 cm³/mol. The lowest BCUT2D eigenvalue weighted by Gasteiger charge is -2.27. The Balaban J connectivity index is 1.35. The topological polar surface area (TPSA) is 8.17 Å². The summed E-state index contributed by atoms with van der Waals surface area (Å²) in [7, 11) is 0. The lowest BCUT2D eigenvalue weighted by atomic mass is 10.1. The van der Waals surface area contributed by atoms with E-state index in [9.17, 15) is 0 Å². The van der Waals surface area contributed by atoms with E-state index in [4.69, 9.17) is 0 Å². The van der Waals surface area contributed by atoms with Crippen molar-refractivity contribution in [2.24, 2.45) is 0 Å². The third-order valence-electron chi connectivity index (χ3n) is 8.41. The molecule has 2 heterocycles. The van der Waals surface area contributed by atoms with Crippen molar-refractivity contribution in [3.05, 3.63) is 158 Å². The highest BCUT2D eigenvalue weighted by Crippen LogP contribution is 2.53. The second kappa shape index (κ2) is 10.4. The van der Waals surface area contributed by atoms with Crippen LogP contribution in [0.15, 0.2) is 177 Å². The monoisotopic (exact) mass is 598 g/mol. The summed E-state index contributed by atoms with van der Waals surface area (Å²) in [5.74, 6) is 0. The van der Waals surface area contributed by atoms with E-state index >= 15 is 0 Å². The average Bonchev–Trinajstić information content (AvgIpc) is 3.43. The van der Waals surface area contributed by atoms with E-state index in [1.54, 1.807) is 0 Å². The van der Waals surface area contributed by atoms with Gasteiger partial charge in [-0.2, -0.15) is 0 Å². The average molecular weight is 599 g/mol. The first-order chi connectivity index (χ1) is 21.8. The van der Waals surface area contributed by atoms with Gasteiger partial charge in [0.05, 0.1) is 16.7 Å². The molecule has 2 nitrogen and oxygen atoms in total. The molecule has 0 atom stereocenters. The fourth-order valence-corrected chi connectivity index (χ4v) is 8.88. The lowest BCUT2D eigenvalue weighted by molar-refractivity contribution is 1.15. The number of hydrogen-bond donors (Lipinski definition) is 0. The number of nitrogens with zero attached hydrogens (tertiary/aromatic N) is 2. The standard InChI is InChI=1S/C40H26N2S2/c1-3-14-28(15-4-1)41(33-19-11-13-27-12-7-8-18-31(27)33)30-22-23-34-32(26-30)39-35(42(34)29-16-5-2-6-17-29)24-25-38-40(39)44-37-21-10-9-20-36(37)43-38/h1-26H. The van der Waals surface area contributed by atoms with Crippen molar-refractivity contribution in [3.63, 3.8) is 0 Å². The molecule has 1 aliphatic rings. The first-order valence-corrected chi connectivity index (χ1v) is 16.4. The highest BCUT2D eigenvalue weighted by Gasteiger charge is 2.25. The summed E-state index contributed by atoms with van der Waals surface area (Å²) in [6, 6.07) is 57.1. The van der Waals surface area contributed by atoms with E-state index < -0.39 is 0 Å². The quantitative estimate of drug-likeness (QED) is 0.199. The number of rotatable bonds is 4. The van der Waals surface area contributed by atoms with Crippen LogP contribution < -0.4 is 4.90 Å². The summed E-state index contributed by atoms with van der Waals surface area (Å²) in [5.41, 5.74) is 7.05. The molecule has 0 radical (unpaired) electrons. The second-order valence-electron chi connectivity index (χ2n) is 11.0. The van der Waals surface area contributed by atoms with Crippen molar-refractivity contribution in [3.8, 4) is 5.69 Å². The van der Waals surface area contributed by atoms with Crippen LogP contribution in [-0.4, -0.2) is 4.57 Å². The van der Waals surface area contributed by atoms with Crippen molar-refractivity contribution >= 4 is 73.2 Å². The molecule has 8 aromatic rings. The number of para-hydroxylation sites is 2. The van der Waals surface area contributed by atoms with Crippen LogP contribution in [0.4, 0.5) is 17.1 Å². The maximum Gasteiger partial charge on any atom is 0.0553 e. The molecule has 208 valence electrons. The summed E-state index contributed by atoms with van der Waals surface area (Å²) >= 11 is 3.77. The summed E-state index contributed by atoms with van der Waals surface area (Å²) < 4.78 is 2.42. The van der Waals surface area contributed by atoms with Gasteiger partial charge >= 0.3 is 0 Å². The van der Waals surface area contributed by atoms with Crippen LogP contribution in [0, 0.1) is 0 Å². The smallest absolute Gasteiger partial charge is 0.0553 e. The Hall–Kier alpha value is -4.90. The maximum absolute atomic E-state index is 2.42. The molecule has 1 aliphatic heterocycles. The fourth-order valence-electron chi connectivity index (χ4n) is 6.48. The zero-order chi connectivity index (χ0) is 29.0. The molecule has 0 spiro atoms. The zero-order valence-corrected chi connectivity index (χ0v) is 25.4. The van der Waals surface area contributed by atoms with Crippen LogP contribution in [0.3, 0.4) is 0 Å². The van der Waals surface area contributed by atoms with E-state index in [-0.39, 0.29) is 0 Å². The van der Waals surface area contributed by atoms with E-state index in [1.165, 1.54) is 63.5 Å². The van der Waals surface area contributed by atoms with Crippen LogP contribution in [0.1, 0.15) is 0 Å². The van der Waals surface area contributed by atoms with E-state index in [1.807, 2.05) is 23.5 Å². The summed E-state index contributed by atoms with van der Waals surface area (Å²) in [4.78, 5) is 7.69. The Kier molecular flexibility index (Phi) is 6.03. The van der Waals surface area contributed by atoms with Crippen LogP contribution in [-0.2, 0) is 0 Å². The van der Waals surface area contributed by atoms with Crippen LogP contribution in [0.25, 0.3) is 38.3 Å². The molecule has 4 heteroatoms. The highest BCUT2D eigenvalue weighted by molar-refractivity contribution is 8.05. The van der Waals surface area contributed by atoms with Gasteiger partial charge in [-0.1, -0.05) is 108 Å². The number of anilines is 3. The van der Waals surface area contributed by atoms with Gasteiger partial charge in [-0.3, -0.25) is 0 Å². The molecule has 7 aromatic carbocycles. The highest BCUT2D eigenvalue weighted by atomic mass is 32.2. The fraction of sp³-hybridized carbons (Fsp3) is 0. The maximum atomic E-state index is 2.42. The molecule has 0 unspecified atom stereocenters. The predicted octanol–water partition coefficient (Wildman–Crippen LogP) is 12.0. The molecule has 0 N–H and O–H groups in total. The Morgan fingerprint density at radius 2 is 1.14 bits per heavy atom. The Bertz CT molecular complexity index is 2340. The number of fused-ring (bicyclic) bond motifs is 7. The van der Waals surface area contributed by atoms with Gasteiger partial charge in [0, 0.05) is 52.8 Å². The normalized spacial score (nSPS) is 12.4. The summed E-state index contributed by atoms with van der Waals surface area (Å²) in [6.07, 6.45) is 0. The molecule has 44 heavy (non-hydrogen) atoms. The SMILES string of the molecule is c1ccc(N(c2ccc3c(c2)c2c4c(ccc2n3-c2ccccc2)Sc2ccccc2S4)c2cccc3ccccc23)cc1. The van der Waals surface area contributed by atoms with Crippen LogP contribution in [0.5, 0.6) is 0 Å². The molecule has 0 saturated heterocycles. The van der Waals surface area contributed by atoms with Gasteiger partial charge in [0.25, 0.3) is 0 Å². The zero-order valence-electron chi connectivity index (χ0n) is 23.7. The van der Waals surface area contributed by atoms with Gasteiger partial charge in [0.1, 0.15) is 0 Å². The Morgan fingerprint density at radius 1 is 0.455 bits per heavy atom. The summed E-state index contributed by atoms with van der Waals surface area (Å²) in [5, 5.41) is 5.02. The van der Waals surface area contributed by atoms with Gasteiger partial charge in [-0.25, -0.2) is 0 Å². The van der Waals surface area contributed by atoms with Crippen molar-refractivity contribution in [2.75, 3.05) is 4.90 Å². The minimum atomic E-state index is 1.14. The summed E-state index contributed by atoms with van der Waals surface area (Å²) in [6.45, 7) is 0. The van der Waals surface area contributed by atoms with Gasteiger partial charge in [0.2, 0.25) is 0 Å². The van der Waals surface area contributed by atoms with Gasteiger partial charge in [0.15, 0.2) is 0 Å². The minimum Gasteiger partial charge on any atom is -0.310 e. The molecule has 0 amide bonds. The van der Waals surface area contributed by atoms with E-state index in [2.05, 4.69) is 167 Å². The number of aromatic nitrogens is 1. The minimum absolute atomic E-state index is 1.14. The van der Waals surface area contributed by atoms with Crippen molar-refractivity contribution in [2.45, 2.75) is 19.6 Å². The van der Waals surface area contributed by atoms with E-state index in [0.717, 1.165) is 11.4 Å². The molecule has 0 fully saturated rings. The van der Waals surface area contributed by atoms with Gasteiger partial charge in [-0.05, 0) is 78.2 Å². The molecule has 0 saturated carbocycles. The molecule has 0 aliphatic carbocycles. The molecular formula is C40H26N2S2. The number of hydrogen-bond acceptors (Lipinski definition) is 3. The Morgan fingerprint density at radius 3 is 1.98 bits per heavy atom. The molecule has 1 aromatic heterocycles. The second-order valence-corrected chi connectivity index (χ2v) is 13.1. The van der Waals surface area contributed by atoms with Crippen molar-refractivity contribution in [1.29, 1.82) is 0 Å². The Labute approximate surface area is 264 Å².